The Kier molecular flexibility index (Phi) is 58.2. The number of carbonyl (C=O) groups excluding carboxylic acids is 2. The monoisotopic (exact) mass is 1140 g/mol. The zero-order valence-corrected chi connectivity index (χ0v) is 53.4. The molecule has 0 aromatic rings. The minimum absolute atomic E-state index is 0.0291. The van der Waals surface area contributed by atoms with E-state index < -0.39 is 26.5 Å². The van der Waals surface area contributed by atoms with Crippen molar-refractivity contribution in [3.8, 4) is 0 Å². The van der Waals surface area contributed by atoms with Gasteiger partial charge in [0.05, 0.1) is 27.7 Å². The van der Waals surface area contributed by atoms with Crippen LogP contribution in [0.25, 0.3) is 0 Å². The fraction of sp³-hybridized carbons (Fsp3) is 0.743. The van der Waals surface area contributed by atoms with Gasteiger partial charge in [-0.3, -0.25) is 18.6 Å². The molecule has 2 atom stereocenters. The van der Waals surface area contributed by atoms with Crippen LogP contribution in [0.2, 0.25) is 0 Å². The normalized spacial score (nSPS) is 13.8. The summed E-state index contributed by atoms with van der Waals surface area (Å²) < 4.78 is 34.7. The molecular formula is C70H125NO8P+. The molecule has 0 amide bonds. The summed E-state index contributed by atoms with van der Waals surface area (Å²) in [5.41, 5.74) is 0. The predicted octanol–water partition coefficient (Wildman–Crippen LogP) is 21.2. The Morgan fingerprint density at radius 1 is 0.400 bits per heavy atom. The molecule has 0 spiro atoms. The van der Waals surface area contributed by atoms with E-state index in [0.717, 1.165) is 77.0 Å². The summed E-state index contributed by atoms with van der Waals surface area (Å²) in [7, 11) is 1.48. The van der Waals surface area contributed by atoms with Gasteiger partial charge in [-0.1, -0.05) is 272 Å². The highest BCUT2D eigenvalue weighted by atomic mass is 31.2. The fourth-order valence-electron chi connectivity index (χ4n) is 9.05. The Balaban J connectivity index is 4.02. The summed E-state index contributed by atoms with van der Waals surface area (Å²) in [6.07, 6.45) is 83.5. The Bertz CT molecular complexity index is 1670. The topological polar surface area (TPSA) is 108 Å². The van der Waals surface area contributed by atoms with Gasteiger partial charge in [-0.05, 0) is 96.3 Å². The van der Waals surface area contributed by atoms with E-state index in [2.05, 4.69) is 111 Å². The van der Waals surface area contributed by atoms with Gasteiger partial charge in [0, 0.05) is 12.8 Å². The Morgan fingerprint density at radius 3 is 1.06 bits per heavy atom. The van der Waals surface area contributed by atoms with E-state index in [-0.39, 0.29) is 32.0 Å². The van der Waals surface area contributed by atoms with Gasteiger partial charge in [-0.2, -0.15) is 0 Å². The fourth-order valence-corrected chi connectivity index (χ4v) is 9.79. The lowest BCUT2D eigenvalue weighted by Crippen LogP contribution is -2.37. The van der Waals surface area contributed by atoms with Gasteiger partial charge in [-0.25, -0.2) is 4.57 Å². The van der Waals surface area contributed by atoms with Crippen LogP contribution in [0.4, 0.5) is 0 Å². The first-order chi connectivity index (χ1) is 39.0. The number of likely N-dealkylation sites (N-methyl/N-ethyl adjacent to an activating group) is 1. The maximum atomic E-state index is 12.9. The van der Waals surface area contributed by atoms with E-state index in [0.29, 0.717) is 17.4 Å². The first kappa shape index (κ1) is 76.9. The van der Waals surface area contributed by atoms with Crippen LogP contribution < -0.4 is 0 Å². The first-order valence-corrected chi connectivity index (χ1v) is 34.5. The summed E-state index contributed by atoms with van der Waals surface area (Å²) in [6.45, 7) is 4.31. The molecule has 0 aromatic carbocycles. The number of nitrogens with zero attached hydrogens (tertiary/aromatic N) is 1. The Hall–Kier alpha value is -3.07. The second-order valence-electron chi connectivity index (χ2n) is 23.1. The molecule has 0 bridgehead atoms. The minimum atomic E-state index is -4.39. The zero-order valence-electron chi connectivity index (χ0n) is 52.5. The van der Waals surface area contributed by atoms with E-state index in [1.807, 2.05) is 21.1 Å². The second-order valence-corrected chi connectivity index (χ2v) is 24.6. The number of carbonyl (C=O) groups is 2. The average molecular weight is 1140 g/mol. The van der Waals surface area contributed by atoms with Crippen molar-refractivity contribution in [2.24, 2.45) is 0 Å². The van der Waals surface area contributed by atoms with Crippen LogP contribution in [0, 0.1) is 0 Å². The molecule has 1 N–H and O–H groups in total. The molecular weight excluding hydrogens is 1010 g/mol. The second kappa shape index (κ2) is 60.5. The maximum Gasteiger partial charge on any atom is 0.472 e. The number of phosphoric acid groups is 1. The van der Waals surface area contributed by atoms with Gasteiger partial charge in [0.1, 0.15) is 19.8 Å². The SMILES string of the molecule is CC/C=C\C/C=C\C/C=C\C/C=C\C/C=C\C/C=C\CCCCCCCCCCCCCCCCCCCCC(=O)OC(COC(=O)CCCCCCCCCCC/C=C\C/C=C\CCCCC)COP(=O)(O)OCC[N+](C)(C)C. The van der Waals surface area contributed by atoms with Gasteiger partial charge < -0.3 is 18.9 Å². The summed E-state index contributed by atoms with van der Waals surface area (Å²) in [5.74, 6) is -0.796. The van der Waals surface area contributed by atoms with Crippen molar-refractivity contribution in [2.45, 2.75) is 290 Å². The molecule has 462 valence electrons. The van der Waals surface area contributed by atoms with Crippen LogP contribution in [0.5, 0.6) is 0 Å². The quantitative estimate of drug-likeness (QED) is 0.0211. The van der Waals surface area contributed by atoms with Crippen molar-refractivity contribution in [2.75, 3.05) is 47.5 Å². The number of esters is 2. The molecule has 0 fully saturated rings. The summed E-state index contributed by atoms with van der Waals surface area (Å²) in [4.78, 5) is 35.8. The third-order valence-corrected chi connectivity index (χ3v) is 15.1. The number of phosphoric ester groups is 1. The van der Waals surface area contributed by atoms with E-state index in [9.17, 15) is 19.0 Å². The molecule has 0 aliphatic heterocycles. The third kappa shape index (κ3) is 64.1. The number of unbranched alkanes of at least 4 members (excludes halogenated alkanes) is 30. The number of quaternary nitrogens is 1. The largest absolute Gasteiger partial charge is 0.472 e. The molecule has 0 radical (unpaired) electrons. The lowest BCUT2D eigenvalue weighted by Gasteiger charge is -2.24. The number of hydrogen-bond acceptors (Lipinski definition) is 7. The summed E-state index contributed by atoms with van der Waals surface area (Å²) in [5, 5.41) is 0. The van der Waals surface area contributed by atoms with E-state index in [1.54, 1.807) is 0 Å². The number of rotatable bonds is 60. The molecule has 0 heterocycles. The molecule has 10 heteroatoms. The van der Waals surface area contributed by atoms with E-state index in [1.165, 1.54) is 173 Å². The smallest absolute Gasteiger partial charge is 0.462 e. The van der Waals surface area contributed by atoms with Crippen molar-refractivity contribution in [3.63, 3.8) is 0 Å². The summed E-state index contributed by atoms with van der Waals surface area (Å²) in [6, 6.07) is 0. The van der Waals surface area contributed by atoms with Crippen LogP contribution in [-0.4, -0.2) is 74.9 Å². The standard InChI is InChI=1S/C70H124NO8P/c1-6-8-10-12-14-16-18-20-22-24-26-27-28-29-30-31-32-33-34-35-36-37-38-39-40-41-42-43-45-47-49-51-53-55-57-59-61-63-70(73)79-68(67-78-80(74,75)77-65-64-71(3,4)5)66-76-69(72)62-60-58-56-54-52-50-48-46-44-25-23-21-19-17-15-13-11-9-7-2/h8,10,14-17,20-23,26-27,29-30,32-33,68H,6-7,9,11-13,18-19,24-25,28,31,34-67H2,1-5H3/p+1/b10-8-,16-14-,17-15-,22-20-,23-21-,27-26-,30-29-,33-32-. The van der Waals surface area contributed by atoms with Gasteiger partial charge in [0.2, 0.25) is 0 Å². The van der Waals surface area contributed by atoms with Crippen LogP contribution in [0.1, 0.15) is 284 Å². The Labute approximate surface area is 493 Å². The maximum absolute atomic E-state index is 12.9. The van der Waals surface area contributed by atoms with E-state index >= 15 is 0 Å². The predicted molar refractivity (Wildman–Crippen MR) is 344 cm³/mol. The number of allylic oxidation sites excluding steroid dienone is 16. The van der Waals surface area contributed by atoms with Crippen molar-refractivity contribution >= 4 is 19.8 Å². The molecule has 80 heavy (non-hydrogen) atoms. The van der Waals surface area contributed by atoms with Crippen LogP contribution in [0.3, 0.4) is 0 Å². The van der Waals surface area contributed by atoms with Gasteiger partial charge in [-0.15, -0.1) is 0 Å². The molecule has 0 aliphatic rings. The molecule has 0 rings (SSSR count). The van der Waals surface area contributed by atoms with Crippen LogP contribution in [0.15, 0.2) is 97.2 Å². The molecule has 9 nitrogen and oxygen atoms in total. The van der Waals surface area contributed by atoms with E-state index in [4.69, 9.17) is 18.5 Å². The highest BCUT2D eigenvalue weighted by Gasteiger charge is 2.27. The highest BCUT2D eigenvalue weighted by Crippen LogP contribution is 2.43. The molecule has 0 saturated carbocycles. The van der Waals surface area contributed by atoms with Crippen LogP contribution >= 0.6 is 7.82 Å². The van der Waals surface area contributed by atoms with Gasteiger partial charge >= 0.3 is 19.8 Å². The number of hydrogen-bond donors (Lipinski definition) is 1. The minimum Gasteiger partial charge on any atom is -0.462 e. The highest BCUT2D eigenvalue weighted by molar-refractivity contribution is 7.47. The van der Waals surface area contributed by atoms with Crippen molar-refractivity contribution < 1.29 is 42.1 Å². The third-order valence-electron chi connectivity index (χ3n) is 14.1. The molecule has 0 saturated heterocycles. The zero-order chi connectivity index (χ0) is 58.4. The molecule has 0 aromatic heterocycles. The summed E-state index contributed by atoms with van der Waals surface area (Å²) >= 11 is 0. The lowest BCUT2D eigenvalue weighted by atomic mass is 10.0. The number of ether oxygens (including phenoxy) is 2. The van der Waals surface area contributed by atoms with Gasteiger partial charge in [0.25, 0.3) is 0 Å². The first-order valence-electron chi connectivity index (χ1n) is 33.0. The Morgan fingerprint density at radius 2 is 0.713 bits per heavy atom. The van der Waals surface area contributed by atoms with Crippen molar-refractivity contribution in [3.05, 3.63) is 97.2 Å². The molecule has 0 aliphatic carbocycles. The van der Waals surface area contributed by atoms with Crippen molar-refractivity contribution in [1.29, 1.82) is 0 Å². The average Bonchev–Trinajstić information content (AvgIpc) is 3.42. The lowest BCUT2D eigenvalue weighted by molar-refractivity contribution is -0.870. The van der Waals surface area contributed by atoms with Gasteiger partial charge in [0.15, 0.2) is 6.10 Å². The van der Waals surface area contributed by atoms with Crippen LogP contribution in [-0.2, 0) is 32.7 Å². The van der Waals surface area contributed by atoms with Crippen molar-refractivity contribution in [1.82, 2.24) is 0 Å². The molecule has 2 unspecified atom stereocenters.